The first kappa shape index (κ1) is 32.8. The van der Waals surface area contributed by atoms with Gasteiger partial charge in [0.05, 0.1) is 19.8 Å². The first-order valence-electron chi connectivity index (χ1n) is 13.9. The summed E-state index contributed by atoms with van der Waals surface area (Å²) in [6, 6.07) is 8.07. The topological polar surface area (TPSA) is 94.1 Å². The van der Waals surface area contributed by atoms with Crippen molar-refractivity contribution in [3.63, 3.8) is 0 Å². The van der Waals surface area contributed by atoms with E-state index in [1.165, 1.54) is 51.4 Å². The average molecular weight is 528 g/mol. The standard InChI is InChI=1S/C28H50NO6P/c1-4-6-7-8-9-10-11-12-13-21-33-28-18-16-25(17-19-28)14-15-26(23-27(30)5-2)24-35-36(31,32)34-22-20-29-3/h16-19,26,29H,4-15,20-24H2,1-3H3,(H,31,32). The third-order valence-electron chi connectivity index (χ3n) is 6.27. The van der Waals surface area contributed by atoms with Gasteiger partial charge in [0.15, 0.2) is 0 Å². The number of rotatable bonds is 24. The van der Waals surface area contributed by atoms with Crippen LogP contribution >= 0.6 is 7.82 Å². The van der Waals surface area contributed by atoms with Crippen LogP contribution in [-0.2, 0) is 24.8 Å². The molecule has 2 unspecified atom stereocenters. The van der Waals surface area contributed by atoms with Crippen molar-refractivity contribution in [1.29, 1.82) is 0 Å². The normalized spacial score (nSPS) is 13.9. The minimum atomic E-state index is -4.12. The highest BCUT2D eigenvalue weighted by atomic mass is 31.2. The number of phosphoric acid groups is 1. The van der Waals surface area contributed by atoms with Crippen LogP contribution in [0.2, 0.25) is 0 Å². The summed E-state index contributed by atoms with van der Waals surface area (Å²) in [4.78, 5) is 21.9. The van der Waals surface area contributed by atoms with Crippen LogP contribution in [0, 0.1) is 5.92 Å². The van der Waals surface area contributed by atoms with Crippen LogP contribution in [0.3, 0.4) is 0 Å². The molecule has 1 aromatic carbocycles. The molecule has 0 radical (unpaired) electrons. The maximum Gasteiger partial charge on any atom is 0.472 e. The highest BCUT2D eigenvalue weighted by Gasteiger charge is 2.24. The van der Waals surface area contributed by atoms with Gasteiger partial charge in [-0.25, -0.2) is 4.57 Å². The van der Waals surface area contributed by atoms with Crippen LogP contribution in [0.25, 0.3) is 0 Å². The number of ketones is 1. The number of ether oxygens (including phenoxy) is 1. The molecule has 2 atom stereocenters. The summed E-state index contributed by atoms with van der Waals surface area (Å²) in [5, 5.41) is 2.84. The van der Waals surface area contributed by atoms with Gasteiger partial charge in [-0.05, 0) is 49.9 Å². The smallest absolute Gasteiger partial charge is 0.472 e. The van der Waals surface area contributed by atoms with E-state index in [1.807, 2.05) is 31.2 Å². The Bertz CT molecular complexity index is 727. The fourth-order valence-electron chi connectivity index (χ4n) is 3.94. The molecule has 0 spiro atoms. The predicted octanol–water partition coefficient (Wildman–Crippen LogP) is 6.87. The molecule has 0 aromatic heterocycles. The summed E-state index contributed by atoms with van der Waals surface area (Å²) in [5.74, 6) is 0.848. The largest absolute Gasteiger partial charge is 0.494 e. The summed E-state index contributed by atoms with van der Waals surface area (Å²) >= 11 is 0. The number of Topliss-reactive ketones (excluding diaryl/α,β-unsaturated/α-hetero) is 1. The number of unbranched alkanes of at least 4 members (excludes halogenated alkanes) is 8. The Labute approximate surface area is 219 Å². The second-order valence-electron chi connectivity index (χ2n) is 9.52. The van der Waals surface area contributed by atoms with Crippen molar-refractivity contribution in [2.45, 2.75) is 97.3 Å². The maximum absolute atomic E-state index is 12.1. The molecule has 8 heteroatoms. The molecule has 1 rings (SSSR count). The Morgan fingerprint density at radius 3 is 2.19 bits per heavy atom. The van der Waals surface area contributed by atoms with Crippen molar-refractivity contribution in [1.82, 2.24) is 5.32 Å². The zero-order valence-electron chi connectivity index (χ0n) is 22.8. The van der Waals surface area contributed by atoms with E-state index in [2.05, 4.69) is 12.2 Å². The second-order valence-corrected chi connectivity index (χ2v) is 11.0. The fraction of sp³-hybridized carbons (Fsp3) is 0.750. The van der Waals surface area contributed by atoms with Gasteiger partial charge in [0, 0.05) is 19.4 Å². The SMILES string of the molecule is CCCCCCCCCCCOc1ccc(CCC(COP(=O)(O)OCCNC)CC(=O)CC)cc1. The van der Waals surface area contributed by atoms with Crippen LogP contribution in [0.4, 0.5) is 0 Å². The van der Waals surface area contributed by atoms with Crippen molar-refractivity contribution < 1.29 is 28.0 Å². The molecule has 0 heterocycles. The van der Waals surface area contributed by atoms with Gasteiger partial charge in [0.25, 0.3) is 0 Å². The number of aryl methyl sites for hydroxylation is 1. The zero-order chi connectivity index (χ0) is 26.5. The van der Waals surface area contributed by atoms with Gasteiger partial charge >= 0.3 is 7.82 Å². The average Bonchev–Trinajstić information content (AvgIpc) is 2.87. The molecule has 0 fully saturated rings. The molecule has 0 amide bonds. The van der Waals surface area contributed by atoms with E-state index in [1.54, 1.807) is 7.05 Å². The summed E-state index contributed by atoms with van der Waals surface area (Å²) < 4.78 is 28.1. The van der Waals surface area contributed by atoms with E-state index in [0.717, 1.165) is 30.8 Å². The number of likely N-dealkylation sites (N-methyl/N-ethyl adjacent to an activating group) is 1. The molecule has 1 aromatic rings. The van der Waals surface area contributed by atoms with Gasteiger partial charge in [-0.1, -0.05) is 77.3 Å². The van der Waals surface area contributed by atoms with Gasteiger partial charge in [0.1, 0.15) is 11.5 Å². The third kappa shape index (κ3) is 17.3. The molecule has 0 aliphatic carbocycles. The van der Waals surface area contributed by atoms with Crippen LogP contribution in [-0.4, -0.2) is 44.1 Å². The van der Waals surface area contributed by atoms with Gasteiger partial charge in [-0.3, -0.25) is 13.8 Å². The van der Waals surface area contributed by atoms with Crippen LogP contribution in [0.15, 0.2) is 24.3 Å². The van der Waals surface area contributed by atoms with Crippen molar-refractivity contribution in [3.8, 4) is 5.75 Å². The predicted molar refractivity (Wildman–Crippen MR) is 147 cm³/mol. The Morgan fingerprint density at radius 2 is 1.58 bits per heavy atom. The first-order valence-corrected chi connectivity index (χ1v) is 15.4. The number of hydrogen-bond acceptors (Lipinski definition) is 6. The fourth-order valence-corrected chi connectivity index (χ4v) is 4.73. The molecule has 36 heavy (non-hydrogen) atoms. The van der Waals surface area contributed by atoms with E-state index in [9.17, 15) is 14.3 Å². The van der Waals surface area contributed by atoms with Crippen molar-refractivity contribution in [3.05, 3.63) is 29.8 Å². The molecule has 0 bridgehead atoms. The number of phosphoric ester groups is 1. The van der Waals surface area contributed by atoms with Gasteiger partial charge in [-0.2, -0.15) is 0 Å². The zero-order valence-corrected chi connectivity index (χ0v) is 23.7. The Hall–Kier alpha value is -1.24. The summed E-state index contributed by atoms with van der Waals surface area (Å²) in [7, 11) is -2.39. The number of benzene rings is 1. The summed E-state index contributed by atoms with van der Waals surface area (Å²) in [5.41, 5.74) is 1.14. The number of hydrogen-bond donors (Lipinski definition) is 2. The van der Waals surface area contributed by atoms with Gasteiger partial charge < -0.3 is 14.9 Å². The lowest BCUT2D eigenvalue weighted by Gasteiger charge is -2.19. The highest BCUT2D eigenvalue weighted by Crippen LogP contribution is 2.43. The lowest BCUT2D eigenvalue weighted by molar-refractivity contribution is -0.120. The van der Waals surface area contributed by atoms with Crippen molar-refractivity contribution in [2.24, 2.45) is 5.92 Å². The monoisotopic (exact) mass is 527 g/mol. The quantitative estimate of drug-likeness (QED) is 0.112. The Balaban J connectivity index is 2.34. The van der Waals surface area contributed by atoms with Crippen LogP contribution < -0.4 is 10.1 Å². The second kappa shape index (κ2) is 20.8. The Kier molecular flexibility index (Phi) is 18.9. The first-order chi connectivity index (χ1) is 17.4. The molecular weight excluding hydrogens is 477 g/mol. The minimum absolute atomic E-state index is 0.0129. The molecule has 0 aliphatic rings. The number of carbonyl (C=O) groups is 1. The lowest BCUT2D eigenvalue weighted by atomic mass is 9.94. The van der Waals surface area contributed by atoms with Crippen LogP contribution in [0.1, 0.15) is 96.5 Å². The van der Waals surface area contributed by atoms with E-state index < -0.39 is 7.82 Å². The maximum atomic E-state index is 12.1. The van der Waals surface area contributed by atoms with Gasteiger partial charge in [-0.15, -0.1) is 0 Å². The summed E-state index contributed by atoms with van der Waals surface area (Å²) in [6.07, 6.45) is 13.9. The molecule has 0 saturated heterocycles. The number of carbonyl (C=O) groups excluding carboxylic acids is 1. The lowest BCUT2D eigenvalue weighted by Crippen LogP contribution is -2.17. The van der Waals surface area contributed by atoms with Crippen molar-refractivity contribution >= 4 is 13.6 Å². The number of nitrogens with one attached hydrogen (secondary N) is 1. The van der Waals surface area contributed by atoms with Crippen LogP contribution in [0.5, 0.6) is 5.75 Å². The Morgan fingerprint density at radius 1 is 0.944 bits per heavy atom. The molecule has 7 nitrogen and oxygen atoms in total. The minimum Gasteiger partial charge on any atom is -0.494 e. The van der Waals surface area contributed by atoms with E-state index in [4.69, 9.17) is 13.8 Å². The third-order valence-corrected chi connectivity index (χ3v) is 7.26. The molecular formula is C28H50NO6P. The molecule has 0 aliphatic heterocycles. The van der Waals surface area contributed by atoms with E-state index >= 15 is 0 Å². The van der Waals surface area contributed by atoms with E-state index in [0.29, 0.717) is 25.8 Å². The van der Waals surface area contributed by atoms with Crippen molar-refractivity contribution in [2.75, 3.05) is 33.4 Å². The van der Waals surface area contributed by atoms with Gasteiger partial charge in [0.2, 0.25) is 0 Å². The summed E-state index contributed by atoms with van der Waals surface area (Å²) in [6.45, 7) is 5.36. The highest BCUT2D eigenvalue weighted by molar-refractivity contribution is 7.47. The molecule has 208 valence electrons. The molecule has 0 saturated carbocycles. The van der Waals surface area contributed by atoms with E-state index in [-0.39, 0.29) is 24.9 Å². The molecule has 2 N–H and O–H groups in total.